The van der Waals surface area contributed by atoms with E-state index < -0.39 is 0 Å². The Bertz CT molecular complexity index is 269. The van der Waals surface area contributed by atoms with Crippen LogP contribution in [0, 0.1) is 0 Å². The molecule has 0 radical (unpaired) electrons. The van der Waals surface area contributed by atoms with Crippen molar-refractivity contribution < 1.29 is 9.84 Å². The zero-order valence-electron chi connectivity index (χ0n) is 9.57. The fourth-order valence-corrected chi connectivity index (χ4v) is 1.31. The second kappa shape index (κ2) is 9.44. The normalized spacial score (nSPS) is 9.00. The van der Waals surface area contributed by atoms with Gasteiger partial charge in [-0.25, -0.2) is 0 Å². The van der Waals surface area contributed by atoms with Crippen LogP contribution >= 0.6 is 0 Å². The van der Waals surface area contributed by atoms with Crippen LogP contribution in [0.2, 0.25) is 0 Å². The van der Waals surface area contributed by atoms with Crippen LogP contribution in [0.1, 0.15) is 17.5 Å². The Labute approximate surface area is 92.2 Å². The predicted octanol–water partition coefficient (Wildman–Crippen LogP) is 2.56. The lowest BCUT2D eigenvalue weighted by atomic mass is 10.1. The maximum Gasteiger partial charge on any atom is 0.0713 e. The molecule has 0 aliphatic carbocycles. The number of rotatable bonds is 5. The average Bonchev–Trinajstić information content (AvgIpc) is 2.30. The predicted molar refractivity (Wildman–Crippen MR) is 63.8 cm³/mol. The summed E-state index contributed by atoms with van der Waals surface area (Å²) in [6, 6.07) is 8.49. The Balaban J connectivity index is 0.000000921. The Morgan fingerprint density at radius 1 is 1.33 bits per heavy atom. The molecule has 2 heteroatoms. The summed E-state index contributed by atoms with van der Waals surface area (Å²) in [5.74, 6) is 0. The van der Waals surface area contributed by atoms with Gasteiger partial charge < -0.3 is 9.84 Å². The van der Waals surface area contributed by atoms with Crippen molar-refractivity contribution in [3.63, 3.8) is 0 Å². The van der Waals surface area contributed by atoms with E-state index in [1.807, 2.05) is 6.08 Å². The van der Waals surface area contributed by atoms with Crippen LogP contribution in [-0.2, 0) is 17.8 Å². The lowest BCUT2D eigenvalue weighted by Crippen LogP contribution is -1.90. The first kappa shape index (κ1) is 13.9. The number of aliphatic hydroxyl groups is 1. The van der Waals surface area contributed by atoms with Gasteiger partial charge in [0.05, 0.1) is 6.61 Å². The molecule has 1 aromatic rings. The van der Waals surface area contributed by atoms with Gasteiger partial charge in [0.15, 0.2) is 0 Å². The highest BCUT2D eigenvalue weighted by Gasteiger charge is 1.94. The molecule has 0 unspecified atom stereocenters. The first-order chi connectivity index (χ1) is 7.36. The summed E-state index contributed by atoms with van der Waals surface area (Å²) in [5, 5.41) is 7.00. The van der Waals surface area contributed by atoms with Gasteiger partial charge in [-0.2, -0.15) is 0 Å². The number of ether oxygens (including phenoxy) is 1. The zero-order valence-corrected chi connectivity index (χ0v) is 9.57. The fraction of sp³-hybridized carbons (Fsp3) is 0.385. The van der Waals surface area contributed by atoms with Crippen molar-refractivity contribution in [2.24, 2.45) is 0 Å². The molecular weight excluding hydrogens is 188 g/mol. The second-order valence-electron chi connectivity index (χ2n) is 3.08. The first-order valence-corrected chi connectivity index (χ1v) is 4.99. The van der Waals surface area contributed by atoms with Crippen LogP contribution in [0.15, 0.2) is 36.9 Å². The Morgan fingerprint density at radius 3 is 2.60 bits per heavy atom. The van der Waals surface area contributed by atoms with Gasteiger partial charge in [0.25, 0.3) is 0 Å². The number of aliphatic hydroxyl groups excluding tert-OH is 1. The van der Waals surface area contributed by atoms with Crippen LogP contribution in [0.5, 0.6) is 0 Å². The Morgan fingerprint density at radius 2 is 2.00 bits per heavy atom. The number of allylic oxidation sites excluding steroid dienone is 1. The minimum atomic E-state index is 0.696. The summed E-state index contributed by atoms with van der Waals surface area (Å²) < 4.78 is 5.07. The highest BCUT2D eigenvalue weighted by atomic mass is 16.5. The quantitative estimate of drug-likeness (QED) is 0.754. The molecule has 0 saturated heterocycles. The minimum Gasteiger partial charge on any atom is -0.400 e. The van der Waals surface area contributed by atoms with Gasteiger partial charge >= 0.3 is 0 Å². The molecule has 0 aliphatic heterocycles. The number of aryl methyl sites for hydroxylation is 1. The SMILES string of the molecule is C=CCCc1cccc(COC)c1.CO. The van der Waals surface area contributed by atoms with E-state index in [0.29, 0.717) is 6.61 Å². The maximum atomic E-state index is 7.00. The van der Waals surface area contributed by atoms with E-state index in [9.17, 15) is 0 Å². The lowest BCUT2D eigenvalue weighted by molar-refractivity contribution is 0.185. The molecule has 0 spiro atoms. The molecule has 0 atom stereocenters. The molecule has 0 fully saturated rings. The van der Waals surface area contributed by atoms with Gasteiger partial charge in [0.1, 0.15) is 0 Å². The molecule has 0 aromatic heterocycles. The number of hydrogen-bond acceptors (Lipinski definition) is 2. The summed E-state index contributed by atoms with van der Waals surface area (Å²) in [6.45, 7) is 4.41. The van der Waals surface area contributed by atoms with Gasteiger partial charge in [-0.15, -0.1) is 6.58 Å². The standard InChI is InChI=1S/C12H16O.CH4O/c1-3-4-6-11-7-5-8-12(9-11)10-13-2;1-2/h3,5,7-9H,1,4,6,10H2,2H3;2H,1H3. The van der Waals surface area contributed by atoms with Crippen molar-refractivity contribution >= 4 is 0 Å². The number of benzene rings is 1. The third-order valence-electron chi connectivity index (χ3n) is 1.94. The van der Waals surface area contributed by atoms with E-state index in [4.69, 9.17) is 9.84 Å². The largest absolute Gasteiger partial charge is 0.400 e. The molecule has 0 aliphatic rings. The average molecular weight is 208 g/mol. The van der Waals surface area contributed by atoms with Crippen molar-refractivity contribution in [1.82, 2.24) is 0 Å². The molecule has 0 amide bonds. The number of hydrogen-bond donors (Lipinski definition) is 1. The van der Waals surface area contributed by atoms with E-state index in [1.54, 1.807) is 7.11 Å². The van der Waals surface area contributed by atoms with Gasteiger partial charge in [0, 0.05) is 14.2 Å². The zero-order chi connectivity index (χ0) is 11.5. The van der Waals surface area contributed by atoms with Crippen LogP contribution < -0.4 is 0 Å². The highest BCUT2D eigenvalue weighted by molar-refractivity contribution is 5.23. The fourth-order valence-electron chi connectivity index (χ4n) is 1.31. The van der Waals surface area contributed by atoms with Crippen LogP contribution in [0.3, 0.4) is 0 Å². The molecule has 84 valence electrons. The topological polar surface area (TPSA) is 29.5 Å². The summed E-state index contributed by atoms with van der Waals surface area (Å²) in [7, 11) is 2.72. The van der Waals surface area contributed by atoms with E-state index in [2.05, 4.69) is 30.8 Å². The summed E-state index contributed by atoms with van der Waals surface area (Å²) in [6.07, 6.45) is 4.06. The molecule has 1 aromatic carbocycles. The molecule has 1 N–H and O–H groups in total. The minimum absolute atomic E-state index is 0.696. The second-order valence-corrected chi connectivity index (χ2v) is 3.08. The van der Waals surface area contributed by atoms with Gasteiger partial charge in [0.2, 0.25) is 0 Å². The van der Waals surface area contributed by atoms with E-state index in [0.717, 1.165) is 20.0 Å². The summed E-state index contributed by atoms with van der Waals surface area (Å²) in [4.78, 5) is 0. The molecule has 0 bridgehead atoms. The van der Waals surface area contributed by atoms with Crippen LogP contribution in [0.25, 0.3) is 0 Å². The molecule has 1 rings (SSSR count). The maximum absolute atomic E-state index is 7.00. The summed E-state index contributed by atoms with van der Waals surface area (Å²) in [5.41, 5.74) is 2.60. The lowest BCUT2D eigenvalue weighted by Gasteiger charge is -2.02. The van der Waals surface area contributed by atoms with Crippen LogP contribution in [-0.4, -0.2) is 19.3 Å². The molecule has 0 saturated carbocycles. The Kier molecular flexibility index (Phi) is 8.73. The molecule has 15 heavy (non-hydrogen) atoms. The highest BCUT2D eigenvalue weighted by Crippen LogP contribution is 2.08. The van der Waals surface area contributed by atoms with Crippen molar-refractivity contribution in [2.45, 2.75) is 19.4 Å². The van der Waals surface area contributed by atoms with Crippen molar-refractivity contribution in [3.05, 3.63) is 48.0 Å². The molecule has 0 heterocycles. The van der Waals surface area contributed by atoms with E-state index in [-0.39, 0.29) is 0 Å². The smallest absolute Gasteiger partial charge is 0.0713 e. The molecular formula is C13H20O2. The van der Waals surface area contributed by atoms with Crippen LogP contribution in [0.4, 0.5) is 0 Å². The van der Waals surface area contributed by atoms with Gasteiger partial charge in [-0.05, 0) is 24.0 Å². The monoisotopic (exact) mass is 208 g/mol. The summed E-state index contributed by atoms with van der Waals surface area (Å²) >= 11 is 0. The van der Waals surface area contributed by atoms with E-state index >= 15 is 0 Å². The van der Waals surface area contributed by atoms with E-state index in [1.165, 1.54) is 11.1 Å². The van der Waals surface area contributed by atoms with Crippen molar-refractivity contribution in [2.75, 3.05) is 14.2 Å². The third kappa shape index (κ3) is 6.05. The third-order valence-corrected chi connectivity index (χ3v) is 1.94. The van der Waals surface area contributed by atoms with Gasteiger partial charge in [-0.3, -0.25) is 0 Å². The van der Waals surface area contributed by atoms with Crippen molar-refractivity contribution in [1.29, 1.82) is 0 Å². The van der Waals surface area contributed by atoms with Crippen molar-refractivity contribution in [3.8, 4) is 0 Å². The first-order valence-electron chi connectivity index (χ1n) is 4.99. The Hall–Kier alpha value is -1.12. The van der Waals surface area contributed by atoms with Gasteiger partial charge in [-0.1, -0.05) is 30.3 Å². The molecule has 2 nitrogen and oxygen atoms in total. The number of methoxy groups -OCH3 is 1.